The summed E-state index contributed by atoms with van der Waals surface area (Å²) in [5.74, 6) is -1.01. The number of hydrogen-bond donors (Lipinski definition) is 1. The number of ether oxygens (including phenoxy) is 1. The summed E-state index contributed by atoms with van der Waals surface area (Å²) in [5.41, 5.74) is 2.69. The van der Waals surface area contributed by atoms with Crippen molar-refractivity contribution < 1.29 is 14.3 Å². The summed E-state index contributed by atoms with van der Waals surface area (Å²) < 4.78 is 7.35. The molecule has 0 aliphatic rings. The van der Waals surface area contributed by atoms with Gasteiger partial charge in [-0.05, 0) is 61.9 Å². The van der Waals surface area contributed by atoms with Gasteiger partial charge in [0.15, 0.2) is 0 Å². The zero-order chi connectivity index (χ0) is 24.4. The van der Waals surface area contributed by atoms with Crippen LogP contribution in [-0.2, 0) is 11.3 Å². The van der Waals surface area contributed by atoms with E-state index in [0.717, 1.165) is 5.56 Å². The van der Waals surface area contributed by atoms with Crippen molar-refractivity contribution >= 4 is 63.1 Å². The number of carbonyl (C=O) groups excluding carboxylic acids is 2. The molecule has 34 heavy (non-hydrogen) atoms. The number of rotatable bonds is 7. The van der Waals surface area contributed by atoms with Crippen molar-refractivity contribution in [3.05, 3.63) is 86.7 Å². The van der Waals surface area contributed by atoms with Crippen LogP contribution in [0, 0.1) is 6.92 Å². The van der Waals surface area contributed by atoms with Crippen LogP contribution in [0.25, 0.3) is 10.9 Å². The molecule has 0 unspecified atom stereocenters. The number of nitrogens with zero attached hydrogens (tertiary/aromatic N) is 2. The number of Topliss-reactive ketones (excluding diaryl/α,β-unsaturated/α-hetero) is 1. The van der Waals surface area contributed by atoms with Gasteiger partial charge in [-0.2, -0.15) is 0 Å². The lowest BCUT2D eigenvalue weighted by Crippen LogP contribution is -2.23. The fourth-order valence-corrected chi connectivity index (χ4v) is 4.48. The number of amides is 1. The number of ketones is 1. The molecule has 2 aromatic carbocycles. The van der Waals surface area contributed by atoms with Gasteiger partial charge in [0.25, 0.3) is 11.7 Å². The molecule has 2 heterocycles. The Kier molecular flexibility index (Phi) is 7.12. The van der Waals surface area contributed by atoms with Crippen LogP contribution in [0.1, 0.15) is 28.5 Å². The van der Waals surface area contributed by atoms with E-state index in [2.05, 4.69) is 10.3 Å². The van der Waals surface area contributed by atoms with Crippen molar-refractivity contribution in [1.29, 1.82) is 0 Å². The number of nitrogens with one attached hydrogen (secondary N) is 1. The lowest BCUT2D eigenvalue weighted by molar-refractivity contribution is -0.112. The fraction of sp³-hybridized carbons (Fsp3) is 0.160. The molecule has 1 N–H and O–H groups in total. The third-order valence-corrected chi connectivity index (χ3v) is 6.19. The van der Waals surface area contributed by atoms with Crippen LogP contribution >= 0.6 is 34.8 Å². The Labute approximate surface area is 211 Å². The predicted molar refractivity (Wildman–Crippen MR) is 136 cm³/mol. The van der Waals surface area contributed by atoms with Crippen molar-refractivity contribution in [3.8, 4) is 5.75 Å². The lowest BCUT2D eigenvalue weighted by atomic mass is 10.1. The monoisotopic (exact) mass is 515 g/mol. The summed E-state index contributed by atoms with van der Waals surface area (Å²) >= 11 is 19.1. The number of pyridine rings is 1. The predicted octanol–water partition coefficient (Wildman–Crippen LogP) is 6.57. The van der Waals surface area contributed by atoms with Crippen LogP contribution in [-0.4, -0.2) is 27.8 Å². The van der Waals surface area contributed by atoms with Crippen LogP contribution < -0.4 is 10.1 Å². The average Bonchev–Trinajstić information content (AvgIpc) is 3.06. The number of aromatic nitrogens is 2. The Morgan fingerprint density at radius 3 is 2.56 bits per heavy atom. The first-order chi connectivity index (χ1) is 16.3. The average molecular weight is 517 g/mol. The van der Waals surface area contributed by atoms with Gasteiger partial charge in [-0.25, -0.2) is 0 Å². The molecule has 6 nitrogen and oxygen atoms in total. The molecule has 1 amide bonds. The SMILES string of the molecule is CCOc1ccc2c(c1)c(C(=O)C(=O)Nc1ccnc(C)c1)c(Cl)n2Cc1ccc(Cl)cc1Cl. The molecule has 0 saturated carbocycles. The zero-order valence-electron chi connectivity index (χ0n) is 18.4. The van der Waals surface area contributed by atoms with Crippen molar-refractivity contribution in [1.82, 2.24) is 9.55 Å². The van der Waals surface area contributed by atoms with Crippen LogP contribution in [0.3, 0.4) is 0 Å². The van der Waals surface area contributed by atoms with Gasteiger partial charge in [-0.1, -0.05) is 40.9 Å². The quantitative estimate of drug-likeness (QED) is 0.223. The zero-order valence-corrected chi connectivity index (χ0v) is 20.6. The minimum atomic E-state index is -0.808. The largest absolute Gasteiger partial charge is 0.494 e. The first-order valence-corrected chi connectivity index (χ1v) is 11.6. The minimum absolute atomic E-state index is 0.0894. The van der Waals surface area contributed by atoms with E-state index in [0.29, 0.717) is 44.7 Å². The number of fused-ring (bicyclic) bond motifs is 1. The molecular weight excluding hydrogens is 497 g/mol. The molecule has 4 aromatic rings. The molecule has 0 fully saturated rings. The van der Waals surface area contributed by atoms with Gasteiger partial charge in [0.2, 0.25) is 0 Å². The molecule has 0 bridgehead atoms. The molecule has 0 spiro atoms. The van der Waals surface area contributed by atoms with Crippen LogP contribution in [0.15, 0.2) is 54.7 Å². The molecule has 0 aliphatic heterocycles. The van der Waals surface area contributed by atoms with Crippen molar-refractivity contribution in [2.24, 2.45) is 0 Å². The highest BCUT2D eigenvalue weighted by molar-refractivity contribution is 6.52. The van der Waals surface area contributed by atoms with E-state index in [-0.39, 0.29) is 17.3 Å². The highest BCUT2D eigenvalue weighted by atomic mass is 35.5. The molecule has 0 saturated heterocycles. The highest BCUT2D eigenvalue weighted by Crippen LogP contribution is 2.35. The molecule has 174 valence electrons. The third-order valence-electron chi connectivity index (χ3n) is 5.21. The number of halogens is 3. The van der Waals surface area contributed by atoms with E-state index in [4.69, 9.17) is 39.5 Å². The fourth-order valence-electron chi connectivity index (χ4n) is 3.67. The van der Waals surface area contributed by atoms with Gasteiger partial charge in [0.1, 0.15) is 10.9 Å². The number of aryl methyl sites for hydroxylation is 1. The second-order valence-corrected chi connectivity index (χ2v) is 8.77. The van der Waals surface area contributed by atoms with Crippen molar-refractivity contribution in [2.45, 2.75) is 20.4 Å². The smallest absolute Gasteiger partial charge is 0.296 e. The van der Waals surface area contributed by atoms with Gasteiger partial charge in [0.05, 0.1) is 24.2 Å². The summed E-state index contributed by atoms with van der Waals surface area (Å²) in [5, 5.41) is 4.23. The molecule has 0 radical (unpaired) electrons. The molecule has 4 rings (SSSR count). The third kappa shape index (κ3) is 4.89. The maximum Gasteiger partial charge on any atom is 0.296 e. The number of benzene rings is 2. The van der Waals surface area contributed by atoms with E-state index < -0.39 is 11.7 Å². The maximum absolute atomic E-state index is 13.3. The van der Waals surface area contributed by atoms with E-state index >= 15 is 0 Å². The van der Waals surface area contributed by atoms with Gasteiger partial charge >= 0.3 is 0 Å². The summed E-state index contributed by atoms with van der Waals surface area (Å²) in [4.78, 5) is 30.3. The van der Waals surface area contributed by atoms with Crippen molar-refractivity contribution in [3.63, 3.8) is 0 Å². The Morgan fingerprint density at radius 2 is 1.85 bits per heavy atom. The second kappa shape index (κ2) is 10.1. The number of hydrogen-bond acceptors (Lipinski definition) is 4. The van der Waals surface area contributed by atoms with Gasteiger partial charge < -0.3 is 14.6 Å². The van der Waals surface area contributed by atoms with Crippen molar-refractivity contribution in [2.75, 3.05) is 11.9 Å². The van der Waals surface area contributed by atoms with E-state index in [1.165, 1.54) is 0 Å². The Bertz CT molecular complexity index is 1420. The van der Waals surface area contributed by atoms with Gasteiger partial charge in [-0.3, -0.25) is 14.6 Å². The number of anilines is 1. The first kappa shape index (κ1) is 24.1. The molecule has 2 aromatic heterocycles. The summed E-state index contributed by atoms with van der Waals surface area (Å²) in [6.45, 7) is 4.38. The summed E-state index contributed by atoms with van der Waals surface area (Å²) in [6, 6.07) is 13.7. The van der Waals surface area contributed by atoms with E-state index in [1.54, 1.807) is 66.2 Å². The summed E-state index contributed by atoms with van der Waals surface area (Å²) in [7, 11) is 0. The van der Waals surface area contributed by atoms with E-state index in [1.807, 2.05) is 6.92 Å². The topological polar surface area (TPSA) is 73.2 Å². The maximum atomic E-state index is 13.3. The van der Waals surface area contributed by atoms with E-state index in [9.17, 15) is 9.59 Å². The Morgan fingerprint density at radius 1 is 1.06 bits per heavy atom. The van der Waals surface area contributed by atoms with Gasteiger partial charge in [0, 0.05) is 33.0 Å². The van der Waals surface area contributed by atoms with Crippen LogP contribution in [0.2, 0.25) is 15.2 Å². The highest BCUT2D eigenvalue weighted by Gasteiger charge is 2.27. The summed E-state index contributed by atoms with van der Waals surface area (Å²) in [6.07, 6.45) is 1.55. The molecule has 0 aliphatic carbocycles. The Hall–Kier alpha value is -3.06. The lowest BCUT2D eigenvalue weighted by Gasteiger charge is -2.10. The van der Waals surface area contributed by atoms with Crippen LogP contribution in [0.5, 0.6) is 5.75 Å². The molecule has 0 atom stereocenters. The minimum Gasteiger partial charge on any atom is -0.494 e. The molecule has 9 heteroatoms. The first-order valence-electron chi connectivity index (χ1n) is 10.4. The Balaban J connectivity index is 1.79. The normalized spacial score (nSPS) is 11.0. The van der Waals surface area contributed by atoms with Gasteiger partial charge in [-0.15, -0.1) is 0 Å². The molecular formula is C25H20Cl3N3O3. The standard InChI is InChI=1S/C25H20Cl3N3O3/c1-3-34-18-6-7-21-19(12-18)22(23(32)25(33)30-17-8-9-29-14(2)10-17)24(28)31(21)13-15-4-5-16(26)11-20(15)27/h4-12H,3,13H2,1-2H3,(H,29,30,33). The second-order valence-electron chi connectivity index (χ2n) is 7.57. The number of carbonyl (C=O) groups is 2. The van der Waals surface area contributed by atoms with Crippen LogP contribution in [0.4, 0.5) is 5.69 Å².